The molecule has 110 valence electrons. The fourth-order valence-corrected chi connectivity index (χ4v) is 1.81. The van der Waals surface area contributed by atoms with Gasteiger partial charge in [0.05, 0.1) is 25.5 Å². The van der Waals surface area contributed by atoms with Crippen LogP contribution in [0.1, 0.15) is 23.0 Å². The van der Waals surface area contributed by atoms with Crippen LogP contribution in [0.4, 0.5) is 0 Å². The van der Waals surface area contributed by atoms with E-state index in [1.807, 2.05) is 19.1 Å². The van der Waals surface area contributed by atoms with Crippen molar-refractivity contribution in [2.45, 2.75) is 13.8 Å². The zero-order valence-electron chi connectivity index (χ0n) is 12.1. The highest BCUT2D eigenvalue weighted by Crippen LogP contribution is 2.15. The van der Waals surface area contributed by atoms with Crippen molar-refractivity contribution in [2.24, 2.45) is 0 Å². The Morgan fingerprint density at radius 1 is 1.29 bits per heavy atom. The minimum Gasteiger partial charge on any atom is -0.494 e. The molecular weight excluding hydrogens is 272 g/mol. The van der Waals surface area contributed by atoms with Crippen LogP contribution < -0.4 is 10.3 Å². The highest BCUT2D eigenvalue weighted by Gasteiger charge is 2.18. The number of aryl methyl sites for hydroxylation is 1. The molecule has 0 radical (unpaired) electrons. The van der Waals surface area contributed by atoms with Crippen molar-refractivity contribution in [2.75, 3.05) is 13.7 Å². The maximum Gasteiger partial charge on any atom is 0.362 e. The summed E-state index contributed by atoms with van der Waals surface area (Å²) in [6, 6.07) is 8.45. The van der Waals surface area contributed by atoms with E-state index in [2.05, 4.69) is 5.10 Å². The highest BCUT2D eigenvalue weighted by molar-refractivity contribution is 5.90. The molecule has 0 atom stereocenters. The Bertz CT molecular complexity index is 705. The second-order valence-electron chi connectivity index (χ2n) is 4.37. The van der Waals surface area contributed by atoms with Crippen LogP contribution in [0.5, 0.6) is 5.75 Å². The molecule has 6 heteroatoms. The SMILES string of the molecule is CCOC(=O)c1nn(-c2ccc(C)cc2)c(=O)cc1OC. The summed E-state index contributed by atoms with van der Waals surface area (Å²) in [7, 11) is 1.37. The fraction of sp³-hybridized carbons (Fsp3) is 0.267. The van der Waals surface area contributed by atoms with Gasteiger partial charge in [0.15, 0.2) is 5.75 Å². The zero-order valence-corrected chi connectivity index (χ0v) is 12.1. The van der Waals surface area contributed by atoms with Gasteiger partial charge in [0.1, 0.15) is 0 Å². The summed E-state index contributed by atoms with van der Waals surface area (Å²) in [5.41, 5.74) is 1.22. The number of carbonyl (C=O) groups is 1. The van der Waals surface area contributed by atoms with Gasteiger partial charge in [-0.05, 0) is 26.0 Å². The van der Waals surface area contributed by atoms with Crippen LogP contribution >= 0.6 is 0 Å². The standard InChI is InChI=1S/C15H16N2O4/c1-4-21-15(19)14-12(20-3)9-13(18)17(16-14)11-7-5-10(2)6-8-11/h5-9H,4H2,1-3H3. The molecule has 1 aromatic carbocycles. The molecule has 0 fully saturated rings. The number of hydrogen-bond acceptors (Lipinski definition) is 5. The highest BCUT2D eigenvalue weighted by atomic mass is 16.5. The van der Waals surface area contributed by atoms with Crippen molar-refractivity contribution >= 4 is 5.97 Å². The summed E-state index contributed by atoms with van der Waals surface area (Å²) in [6.45, 7) is 3.85. The van der Waals surface area contributed by atoms with Gasteiger partial charge >= 0.3 is 5.97 Å². The Morgan fingerprint density at radius 2 is 1.95 bits per heavy atom. The molecular formula is C15H16N2O4. The number of nitrogens with zero attached hydrogens (tertiary/aromatic N) is 2. The van der Waals surface area contributed by atoms with E-state index in [1.165, 1.54) is 13.2 Å². The second-order valence-corrected chi connectivity index (χ2v) is 4.37. The van der Waals surface area contributed by atoms with Crippen molar-refractivity contribution in [3.05, 3.63) is 51.9 Å². The predicted octanol–water partition coefficient (Wildman–Crippen LogP) is 1.73. The number of carbonyl (C=O) groups excluding carboxylic acids is 1. The van der Waals surface area contributed by atoms with Gasteiger partial charge in [-0.25, -0.2) is 4.79 Å². The lowest BCUT2D eigenvalue weighted by Gasteiger charge is -2.10. The summed E-state index contributed by atoms with van der Waals surface area (Å²) < 4.78 is 11.1. The van der Waals surface area contributed by atoms with Crippen molar-refractivity contribution in [3.8, 4) is 11.4 Å². The first-order valence-corrected chi connectivity index (χ1v) is 6.49. The quantitative estimate of drug-likeness (QED) is 0.801. The van der Waals surface area contributed by atoms with Crippen molar-refractivity contribution < 1.29 is 14.3 Å². The van der Waals surface area contributed by atoms with Crippen LogP contribution in [0.15, 0.2) is 35.1 Å². The molecule has 0 aliphatic carbocycles. The minimum atomic E-state index is -0.629. The maximum absolute atomic E-state index is 12.1. The maximum atomic E-state index is 12.1. The molecule has 0 bridgehead atoms. The van der Waals surface area contributed by atoms with Gasteiger partial charge in [-0.3, -0.25) is 4.79 Å². The molecule has 2 rings (SSSR count). The third-order valence-corrected chi connectivity index (χ3v) is 2.86. The number of methoxy groups -OCH3 is 1. The summed E-state index contributed by atoms with van der Waals surface area (Å²) in [5.74, 6) is -0.531. The molecule has 0 saturated carbocycles. The van der Waals surface area contributed by atoms with Crippen LogP contribution in [-0.4, -0.2) is 29.5 Å². The molecule has 2 aromatic rings. The summed E-state index contributed by atoms with van der Waals surface area (Å²) in [6.07, 6.45) is 0. The molecule has 0 amide bonds. The van der Waals surface area contributed by atoms with Gasteiger partial charge in [-0.15, -0.1) is 0 Å². The van der Waals surface area contributed by atoms with Crippen LogP contribution in [-0.2, 0) is 4.74 Å². The van der Waals surface area contributed by atoms with E-state index < -0.39 is 5.97 Å². The molecule has 0 unspecified atom stereocenters. The number of hydrogen-bond donors (Lipinski definition) is 0. The van der Waals surface area contributed by atoms with E-state index in [4.69, 9.17) is 9.47 Å². The molecule has 0 N–H and O–H groups in total. The van der Waals surface area contributed by atoms with Gasteiger partial charge < -0.3 is 9.47 Å². The average molecular weight is 288 g/mol. The van der Waals surface area contributed by atoms with E-state index >= 15 is 0 Å². The van der Waals surface area contributed by atoms with Gasteiger partial charge in [-0.2, -0.15) is 9.78 Å². The van der Waals surface area contributed by atoms with Crippen LogP contribution in [0.3, 0.4) is 0 Å². The summed E-state index contributed by atoms with van der Waals surface area (Å²) in [4.78, 5) is 24.0. The normalized spacial score (nSPS) is 10.2. The van der Waals surface area contributed by atoms with Crippen LogP contribution in [0, 0.1) is 6.92 Å². The van der Waals surface area contributed by atoms with Crippen molar-refractivity contribution in [1.82, 2.24) is 9.78 Å². The Morgan fingerprint density at radius 3 is 2.52 bits per heavy atom. The van der Waals surface area contributed by atoms with E-state index in [1.54, 1.807) is 19.1 Å². The monoisotopic (exact) mass is 288 g/mol. The number of esters is 1. The van der Waals surface area contributed by atoms with Gasteiger partial charge in [0, 0.05) is 0 Å². The van der Waals surface area contributed by atoms with Crippen LogP contribution in [0.25, 0.3) is 5.69 Å². The third-order valence-electron chi connectivity index (χ3n) is 2.86. The van der Waals surface area contributed by atoms with Gasteiger partial charge in [0.25, 0.3) is 5.56 Å². The second kappa shape index (κ2) is 6.21. The predicted molar refractivity (Wildman–Crippen MR) is 77.1 cm³/mol. The Labute approximate surface area is 121 Å². The minimum absolute atomic E-state index is 0.0282. The molecule has 6 nitrogen and oxygen atoms in total. The lowest BCUT2D eigenvalue weighted by atomic mass is 10.2. The van der Waals surface area contributed by atoms with E-state index in [0.717, 1.165) is 10.2 Å². The Hall–Kier alpha value is -2.63. The lowest BCUT2D eigenvalue weighted by molar-refractivity contribution is 0.0513. The van der Waals surface area contributed by atoms with E-state index in [-0.39, 0.29) is 23.6 Å². The fourth-order valence-electron chi connectivity index (χ4n) is 1.81. The van der Waals surface area contributed by atoms with Gasteiger partial charge in [-0.1, -0.05) is 17.7 Å². The lowest BCUT2D eigenvalue weighted by Crippen LogP contribution is -2.24. The van der Waals surface area contributed by atoms with E-state index in [9.17, 15) is 9.59 Å². The van der Waals surface area contributed by atoms with Crippen molar-refractivity contribution in [1.29, 1.82) is 0 Å². The smallest absolute Gasteiger partial charge is 0.362 e. The largest absolute Gasteiger partial charge is 0.494 e. The topological polar surface area (TPSA) is 70.4 Å². The van der Waals surface area contributed by atoms with Gasteiger partial charge in [0.2, 0.25) is 5.69 Å². The number of aromatic nitrogens is 2. The van der Waals surface area contributed by atoms with E-state index in [0.29, 0.717) is 5.69 Å². The van der Waals surface area contributed by atoms with Crippen LogP contribution in [0.2, 0.25) is 0 Å². The number of rotatable bonds is 4. The molecule has 21 heavy (non-hydrogen) atoms. The number of benzene rings is 1. The summed E-state index contributed by atoms with van der Waals surface area (Å²) in [5, 5.41) is 4.07. The molecule has 0 aliphatic rings. The summed E-state index contributed by atoms with van der Waals surface area (Å²) >= 11 is 0. The average Bonchev–Trinajstić information content (AvgIpc) is 2.48. The first-order valence-electron chi connectivity index (χ1n) is 6.49. The molecule has 0 saturated heterocycles. The Kier molecular flexibility index (Phi) is 4.37. The van der Waals surface area contributed by atoms with Crippen molar-refractivity contribution in [3.63, 3.8) is 0 Å². The zero-order chi connectivity index (χ0) is 15.4. The number of ether oxygens (including phenoxy) is 2. The first-order chi connectivity index (χ1) is 10.1. The molecule has 1 heterocycles. The molecule has 0 spiro atoms. The molecule has 1 aromatic heterocycles. The molecule has 0 aliphatic heterocycles. The Balaban J connectivity index is 2.57. The first kappa shape index (κ1) is 14.8. The third kappa shape index (κ3) is 3.10.